The van der Waals surface area contributed by atoms with Gasteiger partial charge in [0.15, 0.2) is 5.82 Å². The molecule has 0 radical (unpaired) electrons. The number of likely N-dealkylation sites (tertiary alicyclic amines) is 1. The molecule has 142 valence electrons. The van der Waals surface area contributed by atoms with E-state index >= 15 is 0 Å². The quantitative estimate of drug-likeness (QED) is 0.758. The molecule has 0 aliphatic carbocycles. The Morgan fingerprint density at radius 3 is 2.32 bits per heavy atom. The van der Waals surface area contributed by atoms with Gasteiger partial charge in [-0.15, -0.1) is 5.10 Å². The Kier molecular flexibility index (Phi) is 4.89. The van der Waals surface area contributed by atoms with Crippen LogP contribution >= 0.6 is 0 Å². The van der Waals surface area contributed by atoms with Crippen LogP contribution < -0.4 is 5.73 Å². The van der Waals surface area contributed by atoms with E-state index in [1.807, 2.05) is 60.7 Å². The Morgan fingerprint density at radius 2 is 1.64 bits per heavy atom. The van der Waals surface area contributed by atoms with Crippen LogP contribution in [0.4, 0.5) is 0 Å². The van der Waals surface area contributed by atoms with Crippen LogP contribution in [0.3, 0.4) is 0 Å². The van der Waals surface area contributed by atoms with Crippen LogP contribution in [-0.4, -0.2) is 44.1 Å². The number of para-hydroxylation sites is 1. The summed E-state index contributed by atoms with van der Waals surface area (Å²) in [7, 11) is 0. The highest BCUT2D eigenvalue weighted by Gasteiger charge is 2.33. The summed E-state index contributed by atoms with van der Waals surface area (Å²) >= 11 is 0. The van der Waals surface area contributed by atoms with E-state index in [4.69, 9.17) is 5.73 Å². The zero-order chi connectivity index (χ0) is 19.5. The fourth-order valence-electron chi connectivity index (χ4n) is 3.52. The van der Waals surface area contributed by atoms with Gasteiger partial charge in [-0.1, -0.05) is 48.5 Å². The monoisotopic (exact) mass is 375 g/mol. The van der Waals surface area contributed by atoms with Crippen molar-refractivity contribution in [1.29, 1.82) is 0 Å². The zero-order valence-corrected chi connectivity index (χ0v) is 15.4. The summed E-state index contributed by atoms with van der Waals surface area (Å²) in [6.07, 6.45) is 2.28. The summed E-state index contributed by atoms with van der Waals surface area (Å²) in [5.74, 6) is -0.215. The lowest BCUT2D eigenvalue weighted by Gasteiger charge is -2.32. The first-order valence-corrected chi connectivity index (χ1v) is 9.33. The van der Waals surface area contributed by atoms with Gasteiger partial charge in [0, 0.05) is 12.1 Å². The number of amides is 2. The molecule has 1 saturated heterocycles. The van der Waals surface area contributed by atoms with Gasteiger partial charge in [0.25, 0.3) is 5.91 Å². The van der Waals surface area contributed by atoms with Gasteiger partial charge >= 0.3 is 0 Å². The number of hydrogen-bond acceptors (Lipinski definition) is 4. The third-order valence-corrected chi connectivity index (χ3v) is 4.92. The van der Waals surface area contributed by atoms with Crippen LogP contribution in [0, 0.1) is 0 Å². The second kappa shape index (κ2) is 7.64. The molecule has 1 aliphatic rings. The van der Waals surface area contributed by atoms with Gasteiger partial charge in [0.1, 0.15) is 6.04 Å². The SMILES string of the molecule is NC(=O)C1CCCCN1C(=O)c1nc(-c2ccccc2)n(-c2ccccc2)n1. The molecule has 3 aromatic rings. The number of primary amides is 1. The fraction of sp³-hybridized carbons (Fsp3) is 0.238. The van der Waals surface area contributed by atoms with E-state index < -0.39 is 11.9 Å². The average molecular weight is 375 g/mol. The Labute approximate surface area is 162 Å². The molecular weight excluding hydrogens is 354 g/mol. The molecule has 1 aromatic heterocycles. The molecule has 1 atom stereocenters. The number of piperidine rings is 1. The normalized spacial score (nSPS) is 16.7. The first kappa shape index (κ1) is 17.9. The topological polar surface area (TPSA) is 94.1 Å². The van der Waals surface area contributed by atoms with Gasteiger partial charge in [-0.2, -0.15) is 0 Å². The van der Waals surface area contributed by atoms with Gasteiger partial charge < -0.3 is 10.6 Å². The molecule has 28 heavy (non-hydrogen) atoms. The lowest BCUT2D eigenvalue weighted by molar-refractivity contribution is -0.123. The first-order valence-electron chi connectivity index (χ1n) is 9.33. The van der Waals surface area contributed by atoms with Gasteiger partial charge in [0.2, 0.25) is 11.7 Å². The smallest absolute Gasteiger partial charge is 0.294 e. The summed E-state index contributed by atoms with van der Waals surface area (Å²) < 4.78 is 1.66. The third kappa shape index (κ3) is 3.38. The number of hydrogen-bond donors (Lipinski definition) is 1. The maximum absolute atomic E-state index is 13.1. The Bertz CT molecular complexity index is 928. The summed E-state index contributed by atoms with van der Waals surface area (Å²) in [4.78, 5) is 31.0. The molecule has 2 aromatic carbocycles. The van der Waals surface area contributed by atoms with Crippen LogP contribution in [0.15, 0.2) is 60.7 Å². The van der Waals surface area contributed by atoms with Crippen LogP contribution in [0.5, 0.6) is 0 Å². The highest BCUT2D eigenvalue weighted by Crippen LogP contribution is 2.23. The van der Waals surface area contributed by atoms with Gasteiger partial charge in [-0.3, -0.25) is 9.59 Å². The van der Waals surface area contributed by atoms with Crippen molar-refractivity contribution in [2.24, 2.45) is 5.73 Å². The molecule has 0 saturated carbocycles. The van der Waals surface area contributed by atoms with Crippen molar-refractivity contribution < 1.29 is 9.59 Å². The highest BCUT2D eigenvalue weighted by molar-refractivity contribution is 5.95. The summed E-state index contributed by atoms with van der Waals surface area (Å²) in [6, 6.07) is 18.5. The van der Waals surface area contributed by atoms with Crippen molar-refractivity contribution in [3.05, 3.63) is 66.5 Å². The lowest BCUT2D eigenvalue weighted by atomic mass is 10.0. The number of benzene rings is 2. The van der Waals surface area contributed by atoms with Gasteiger partial charge in [-0.05, 0) is 31.4 Å². The molecule has 4 rings (SSSR count). The standard InChI is InChI=1S/C21H21N5O2/c22-18(27)17-13-7-8-14-25(17)21(28)19-23-20(15-9-3-1-4-10-15)26(24-19)16-11-5-2-6-12-16/h1-6,9-12,17H,7-8,13-14H2,(H2,22,27). The zero-order valence-electron chi connectivity index (χ0n) is 15.4. The van der Waals surface area contributed by atoms with E-state index in [0.29, 0.717) is 18.8 Å². The van der Waals surface area contributed by atoms with E-state index in [0.717, 1.165) is 24.1 Å². The number of carbonyl (C=O) groups is 2. The Morgan fingerprint density at radius 1 is 0.964 bits per heavy atom. The number of carbonyl (C=O) groups excluding carboxylic acids is 2. The van der Waals surface area contributed by atoms with Crippen LogP contribution in [-0.2, 0) is 4.79 Å². The van der Waals surface area contributed by atoms with E-state index in [1.165, 1.54) is 4.90 Å². The molecule has 2 N–H and O–H groups in total. The number of rotatable bonds is 4. The molecule has 2 amide bonds. The maximum atomic E-state index is 13.1. The van der Waals surface area contributed by atoms with E-state index in [9.17, 15) is 9.59 Å². The van der Waals surface area contributed by atoms with Crippen LogP contribution in [0.1, 0.15) is 29.9 Å². The Hall–Kier alpha value is -3.48. The molecule has 1 unspecified atom stereocenters. The molecule has 1 aliphatic heterocycles. The highest BCUT2D eigenvalue weighted by atomic mass is 16.2. The molecule has 7 nitrogen and oxygen atoms in total. The molecule has 1 fully saturated rings. The van der Waals surface area contributed by atoms with Crippen LogP contribution in [0.25, 0.3) is 17.1 Å². The average Bonchev–Trinajstić information content (AvgIpc) is 3.20. The van der Waals surface area contributed by atoms with Crippen LogP contribution in [0.2, 0.25) is 0 Å². The summed E-state index contributed by atoms with van der Waals surface area (Å²) in [5, 5.41) is 4.49. The van der Waals surface area contributed by atoms with Crippen molar-refractivity contribution in [2.45, 2.75) is 25.3 Å². The lowest BCUT2D eigenvalue weighted by Crippen LogP contribution is -2.50. The number of aromatic nitrogens is 3. The minimum absolute atomic E-state index is 0.0656. The predicted molar refractivity (Wildman–Crippen MR) is 105 cm³/mol. The molecule has 0 spiro atoms. The van der Waals surface area contributed by atoms with Crippen molar-refractivity contribution >= 4 is 11.8 Å². The van der Waals surface area contributed by atoms with Gasteiger partial charge in [-0.25, -0.2) is 9.67 Å². The second-order valence-electron chi connectivity index (χ2n) is 6.78. The third-order valence-electron chi connectivity index (χ3n) is 4.92. The van der Waals surface area contributed by atoms with E-state index in [1.54, 1.807) is 4.68 Å². The number of nitrogens with zero attached hydrogens (tertiary/aromatic N) is 4. The summed E-state index contributed by atoms with van der Waals surface area (Å²) in [6.45, 7) is 0.479. The molecule has 2 heterocycles. The second-order valence-corrected chi connectivity index (χ2v) is 6.78. The minimum Gasteiger partial charge on any atom is -0.368 e. The summed E-state index contributed by atoms with van der Waals surface area (Å²) in [5.41, 5.74) is 7.17. The molecule has 7 heteroatoms. The van der Waals surface area contributed by atoms with Crippen molar-refractivity contribution in [3.8, 4) is 17.1 Å². The fourth-order valence-corrected chi connectivity index (χ4v) is 3.52. The number of nitrogens with two attached hydrogens (primary N) is 1. The van der Waals surface area contributed by atoms with E-state index in [-0.39, 0.29) is 11.7 Å². The predicted octanol–water partition coefficient (Wildman–Crippen LogP) is 2.41. The van der Waals surface area contributed by atoms with Gasteiger partial charge in [0.05, 0.1) is 5.69 Å². The largest absolute Gasteiger partial charge is 0.368 e. The van der Waals surface area contributed by atoms with E-state index in [2.05, 4.69) is 10.1 Å². The maximum Gasteiger partial charge on any atom is 0.294 e. The molecule has 0 bridgehead atoms. The minimum atomic E-state index is -0.606. The van der Waals surface area contributed by atoms with Crippen molar-refractivity contribution in [1.82, 2.24) is 19.7 Å². The van der Waals surface area contributed by atoms with Crippen molar-refractivity contribution in [3.63, 3.8) is 0 Å². The molecular formula is C21H21N5O2. The first-order chi connectivity index (χ1) is 13.6. The van der Waals surface area contributed by atoms with Crippen molar-refractivity contribution in [2.75, 3.05) is 6.54 Å². The Balaban J connectivity index is 1.77.